The van der Waals surface area contributed by atoms with Crippen LogP contribution in [0.4, 0.5) is 0 Å². The predicted octanol–water partition coefficient (Wildman–Crippen LogP) is 2.90. The van der Waals surface area contributed by atoms with Gasteiger partial charge in [0.15, 0.2) is 5.69 Å². The Hall–Kier alpha value is -3.85. The van der Waals surface area contributed by atoms with Crippen LogP contribution in [0.2, 0.25) is 5.02 Å². The maximum absolute atomic E-state index is 12.8. The third-order valence-corrected chi connectivity index (χ3v) is 5.16. The molecule has 0 radical (unpaired) electrons. The van der Waals surface area contributed by atoms with Gasteiger partial charge in [-0.25, -0.2) is 14.3 Å². The van der Waals surface area contributed by atoms with Gasteiger partial charge in [0.05, 0.1) is 16.9 Å². The van der Waals surface area contributed by atoms with Gasteiger partial charge in [0.2, 0.25) is 6.04 Å². The van der Waals surface area contributed by atoms with Crippen molar-refractivity contribution in [3.05, 3.63) is 95.4 Å². The Morgan fingerprint density at radius 2 is 1.91 bits per heavy atom. The number of carboxylic acids is 1. The van der Waals surface area contributed by atoms with E-state index in [1.807, 2.05) is 30.3 Å². The molecule has 160 valence electrons. The lowest BCUT2D eigenvalue weighted by Gasteiger charge is -2.22. The Morgan fingerprint density at radius 1 is 1.16 bits per heavy atom. The second kappa shape index (κ2) is 8.72. The van der Waals surface area contributed by atoms with E-state index in [0.717, 1.165) is 17.0 Å². The zero-order chi connectivity index (χ0) is 22.8. The summed E-state index contributed by atoms with van der Waals surface area (Å²) in [6.45, 7) is 3.34. The number of nitrogens with zero attached hydrogens (tertiary/aromatic N) is 3. The number of halogens is 1. The third-order valence-electron chi connectivity index (χ3n) is 4.93. The van der Waals surface area contributed by atoms with Crippen LogP contribution in [0.1, 0.15) is 10.5 Å². The number of carbonyl (C=O) groups excluding carboxylic acids is 1. The molecule has 2 N–H and O–H groups in total. The number of carboxylic acid groups (broad SMARTS) is 1. The fraction of sp³-hybridized carbons (Fsp3) is 0.0435. The summed E-state index contributed by atoms with van der Waals surface area (Å²) in [5.41, 5.74) is 2.39. The number of carbonyl (C=O) groups is 2. The smallest absolute Gasteiger partial charge is 0.367 e. The number of hydroxylamine groups is 2. The summed E-state index contributed by atoms with van der Waals surface area (Å²) in [4.78, 5) is 28.5. The molecule has 0 fully saturated rings. The average molecular weight is 449 g/mol. The molecule has 0 aliphatic rings. The first-order valence-electron chi connectivity index (χ1n) is 9.54. The molecule has 2 aromatic carbocycles. The number of pyridine rings is 1. The van der Waals surface area contributed by atoms with E-state index in [2.05, 4.69) is 16.7 Å². The van der Waals surface area contributed by atoms with Crippen LogP contribution >= 0.6 is 11.6 Å². The van der Waals surface area contributed by atoms with Crippen LogP contribution in [0.5, 0.6) is 0 Å². The minimum Gasteiger partial charge on any atom is -0.626 e. The monoisotopic (exact) mass is 448 g/mol. The summed E-state index contributed by atoms with van der Waals surface area (Å²) in [6.07, 6.45) is 2.52. The van der Waals surface area contributed by atoms with Crippen molar-refractivity contribution in [2.45, 2.75) is 6.04 Å². The van der Waals surface area contributed by atoms with Crippen LogP contribution in [-0.4, -0.2) is 37.8 Å². The molecule has 0 bridgehead atoms. The number of aromatic nitrogens is 3. The first kappa shape index (κ1) is 21.4. The van der Waals surface area contributed by atoms with Crippen molar-refractivity contribution in [3.63, 3.8) is 0 Å². The molecule has 2 heterocycles. The molecule has 0 saturated heterocycles. The van der Waals surface area contributed by atoms with Crippen LogP contribution < -0.4 is 5.06 Å². The molecule has 0 spiro atoms. The van der Waals surface area contributed by atoms with Crippen LogP contribution in [0.3, 0.4) is 0 Å². The van der Waals surface area contributed by atoms with Gasteiger partial charge >= 0.3 is 11.9 Å². The normalized spacial score (nSPS) is 12.9. The molecule has 0 saturated carbocycles. The van der Waals surface area contributed by atoms with Gasteiger partial charge in [-0.15, -0.1) is 0 Å². The van der Waals surface area contributed by atoms with Crippen LogP contribution in [-0.2, 0) is 4.79 Å². The Kier molecular flexibility index (Phi) is 5.83. The molecular formula is C23H17ClN4O4. The first-order chi connectivity index (χ1) is 15.4. The molecule has 2 unspecified atom stereocenters. The van der Waals surface area contributed by atoms with Gasteiger partial charge in [-0.3, -0.25) is 10.0 Å². The number of rotatable bonds is 6. The van der Waals surface area contributed by atoms with E-state index in [4.69, 9.17) is 11.6 Å². The topological polar surface area (TPSA) is 113 Å². The van der Waals surface area contributed by atoms with Gasteiger partial charge in [-0.2, -0.15) is 5.10 Å². The molecule has 4 rings (SSSR count). The summed E-state index contributed by atoms with van der Waals surface area (Å²) >= 11 is 6.09. The predicted molar refractivity (Wildman–Crippen MR) is 120 cm³/mol. The fourth-order valence-corrected chi connectivity index (χ4v) is 3.53. The zero-order valence-electron chi connectivity index (χ0n) is 16.6. The highest BCUT2D eigenvalue weighted by molar-refractivity contribution is 6.31. The minimum atomic E-state index is -1.64. The van der Waals surface area contributed by atoms with Crippen molar-refractivity contribution >= 4 is 34.4 Å². The Morgan fingerprint density at radius 3 is 2.59 bits per heavy atom. The SMILES string of the molecule is C=CC(C(=O)O)[NH+]([O-])C(=O)c1cc(-c2ccccc2)n(-c2ccnc3cc(Cl)ccc23)n1. The highest BCUT2D eigenvalue weighted by Crippen LogP contribution is 2.28. The van der Waals surface area contributed by atoms with Crippen molar-refractivity contribution in [2.24, 2.45) is 0 Å². The van der Waals surface area contributed by atoms with Gasteiger partial charge in [0.25, 0.3) is 0 Å². The molecule has 1 amide bonds. The number of hydrogen-bond acceptors (Lipinski definition) is 5. The summed E-state index contributed by atoms with van der Waals surface area (Å²) in [7, 11) is 0. The Bertz CT molecular complexity index is 1340. The fourth-order valence-electron chi connectivity index (χ4n) is 3.37. The van der Waals surface area contributed by atoms with E-state index >= 15 is 0 Å². The molecule has 4 aromatic rings. The maximum atomic E-state index is 12.8. The van der Waals surface area contributed by atoms with Crippen molar-refractivity contribution in [1.29, 1.82) is 0 Å². The molecule has 8 nitrogen and oxygen atoms in total. The van der Waals surface area contributed by atoms with Gasteiger partial charge in [0.1, 0.15) is 0 Å². The van der Waals surface area contributed by atoms with Crippen LogP contribution in [0, 0.1) is 5.21 Å². The molecule has 2 aromatic heterocycles. The van der Waals surface area contributed by atoms with Crippen molar-refractivity contribution < 1.29 is 19.8 Å². The zero-order valence-corrected chi connectivity index (χ0v) is 17.4. The van der Waals surface area contributed by atoms with Gasteiger partial charge < -0.3 is 10.3 Å². The Balaban J connectivity index is 1.90. The minimum absolute atomic E-state index is 0.166. The molecule has 0 aliphatic carbocycles. The third kappa shape index (κ3) is 3.90. The second-order valence-electron chi connectivity index (χ2n) is 6.93. The standard InChI is InChI=1S/C23H17ClN4O4/c1-2-19(23(30)31)28(32)22(29)18-13-21(14-6-4-3-5-7-14)27(26-18)20-10-11-25-17-12-15(24)8-9-16(17)20/h2-13,19,28H,1H2,(H,30,31). The van der Waals surface area contributed by atoms with Crippen molar-refractivity contribution in [2.75, 3.05) is 0 Å². The molecule has 2 atom stereocenters. The van der Waals surface area contributed by atoms with Crippen LogP contribution in [0.15, 0.2) is 79.5 Å². The van der Waals surface area contributed by atoms with E-state index < -0.39 is 23.0 Å². The number of quaternary nitrogens is 1. The second-order valence-corrected chi connectivity index (χ2v) is 7.37. The van der Waals surface area contributed by atoms with E-state index in [-0.39, 0.29) is 5.69 Å². The van der Waals surface area contributed by atoms with Crippen molar-refractivity contribution in [3.8, 4) is 16.9 Å². The van der Waals surface area contributed by atoms with Gasteiger partial charge in [0, 0.05) is 28.2 Å². The van der Waals surface area contributed by atoms with E-state index in [9.17, 15) is 19.9 Å². The summed E-state index contributed by atoms with van der Waals surface area (Å²) < 4.78 is 1.54. The lowest BCUT2D eigenvalue weighted by atomic mass is 10.1. The highest BCUT2D eigenvalue weighted by atomic mass is 35.5. The number of amides is 1. The van der Waals surface area contributed by atoms with Crippen molar-refractivity contribution in [1.82, 2.24) is 14.8 Å². The quantitative estimate of drug-likeness (QED) is 0.346. The first-order valence-corrected chi connectivity index (χ1v) is 9.92. The lowest BCUT2D eigenvalue weighted by molar-refractivity contribution is -0.770. The van der Waals surface area contributed by atoms with E-state index in [1.54, 1.807) is 30.5 Å². The summed E-state index contributed by atoms with van der Waals surface area (Å²) in [5, 5.41) is 26.2. The number of benzene rings is 2. The maximum Gasteiger partial charge on any atom is 0.367 e. The molecule has 0 aliphatic heterocycles. The lowest BCUT2D eigenvalue weighted by Crippen LogP contribution is -3.14. The average Bonchev–Trinajstić information content (AvgIpc) is 3.24. The summed E-state index contributed by atoms with van der Waals surface area (Å²) in [6, 6.07) is 16.0. The Labute approximate surface area is 187 Å². The van der Waals surface area contributed by atoms with E-state index in [1.165, 1.54) is 10.7 Å². The molecule has 9 heteroatoms. The number of hydrogen-bond donors (Lipinski definition) is 2. The molecular weight excluding hydrogens is 432 g/mol. The molecule has 32 heavy (non-hydrogen) atoms. The van der Waals surface area contributed by atoms with Crippen LogP contribution in [0.25, 0.3) is 27.8 Å². The number of nitrogens with one attached hydrogen (secondary N) is 1. The number of fused-ring (bicyclic) bond motifs is 1. The summed E-state index contributed by atoms with van der Waals surface area (Å²) in [5.74, 6) is -2.45. The van der Waals surface area contributed by atoms with Gasteiger partial charge in [-0.1, -0.05) is 48.5 Å². The van der Waals surface area contributed by atoms with Gasteiger partial charge in [-0.05, 0) is 30.3 Å². The van der Waals surface area contributed by atoms with E-state index in [0.29, 0.717) is 21.9 Å². The highest BCUT2D eigenvalue weighted by Gasteiger charge is 2.30. The number of aliphatic carboxylic acids is 1. The largest absolute Gasteiger partial charge is 0.626 e.